The van der Waals surface area contributed by atoms with Crippen LogP contribution in [0.15, 0.2) is 28.8 Å². The highest BCUT2D eigenvalue weighted by molar-refractivity contribution is 7.89. The molecule has 0 aliphatic carbocycles. The van der Waals surface area contributed by atoms with Crippen LogP contribution in [0.2, 0.25) is 0 Å². The van der Waals surface area contributed by atoms with E-state index in [2.05, 4.69) is 10.1 Å². The predicted octanol–water partition coefficient (Wildman–Crippen LogP) is 3.28. The zero-order valence-electron chi connectivity index (χ0n) is 14.0. The molecular weight excluding hydrogens is 371 g/mol. The minimum absolute atomic E-state index is 0.0541. The van der Waals surface area contributed by atoms with Crippen molar-refractivity contribution in [2.24, 2.45) is 0 Å². The number of nitrogens with zero attached hydrogens (tertiary/aromatic N) is 3. The Hall–Kier alpha value is -1.94. The molecule has 2 aromatic rings. The number of hydrogen-bond donors (Lipinski definition) is 0. The number of benzene rings is 1. The second-order valence-electron chi connectivity index (χ2n) is 6.22. The van der Waals surface area contributed by atoms with Gasteiger partial charge < -0.3 is 4.52 Å². The van der Waals surface area contributed by atoms with Gasteiger partial charge in [0.15, 0.2) is 0 Å². The van der Waals surface area contributed by atoms with Crippen LogP contribution in [0.3, 0.4) is 0 Å². The summed E-state index contributed by atoms with van der Waals surface area (Å²) < 4.78 is 69.0. The molecule has 0 bridgehead atoms. The number of alkyl halides is 3. The van der Waals surface area contributed by atoms with Gasteiger partial charge in [0.25, 0.3) is 0 Å². The van der Waals surface area contributed by atoms with Crippen molar-refractivity contribution in [1.82, 2.24) is 14.4 Å². The fourth-order valence-electron chi connectivity index (χ4n) is 2.63. The van der Waals surface area contributed by atoms with Gasteiger partial charge in [0, 0.05) is 18.7 Å². The number of unbranched alkanes of at least 4 members (excludes halogenated alkanes) is 1. The van der Waals surface area contributed by atoms with Gasteiger partial charge in [-0.25, -0.2) is 12.7 Å². The average Bonchev–Trinajstić information content (AvgIpc) is 3.00. The molecule has 10 heteroatoms. The van der Waals surface area contributed by atoms with Gasteiger partial charge in [0.1, 0.15) is 0 Å². The lowest BCUT2D eigenvalue weighted by atomic mass is 10.0. The lowest BCUT2D eigenvalue weighted by Gasteiger charge is -2.35. The number of hydrogen-bond acceptors (Lipinski definition) is 5. The van der Waals surface area contributed by atoms with Crippen molar-refractivity contribution in [3.8, 4) is 11.4 Å². The molecule has 26 heavy (non-hydrogen) atoms. The van der Waals surface area contributed by atoms with Crippen molar-refractivity contribution in [2.45, 2.75) is 31.9 Å². The highest BCUT2D eigenvalue weighted by Crippen LogP contribution is 2.33. The number of halogens is 3. The Kier molecular flexibility index (Phi) is 5.07. The van der Waals surface area contributed by atoms with E-state index >= 15 is 0 Å². The number of aromatic nitrogens is 2. The minimum atomic E-state index is -4.45. The molecular formula is C16H18F3N3O3S. The summed E-state index contributed by atoms with van der Waals surface area (Å²) in [6.45, 7) is 2.41. The highest BCUT2D eigenvalue weighted by Gasteiger charge is 2.39. The van der Waals surface area contributed by atoms with Crippen molar-refractivity contribution in [2.75, 3.05) is 18.8 Å². The Morgan fingerprint density at radius 1 is 1.31 bits per heavy atom. The average molecular weight is 389 g/mol. The third kappa shape index (κ3) is 3.90. The van der Waals surface area contributed by atoms with E-state index < -0.39 is 21.8 Å². The molecule has 1 aromatic heterocycles. The predicted molar refractivity (Wildman–Crippen MR) is 87.7 cm³/mol. The zero-order chi connectivity index (χ0) is 18.9. The molecule has 0 unspecified atom stereocenters. The van der Waals surface area contributed by atoms with Gasteiger partial charge in [-0.15, -0.1) is 0 Å². The summed E-state index contributed by atoms with van der Waals surface area (Å²) in [4.78, 5) is 4.14. The molecule has 0 amide bonds. The molecule has 1 fully saturated rings. The summed E-state index contributed by atoms with van der Waals surface area (Å²) >= 11 is 0. The SMILES string of the molecule is CCCCS(=O)(=O)N1CC(c2nc(-c3cccc(C(F)(F)F)c3)no2)C1. The summed E-state index contributed by atoms with van der Waals surface area (Å²) in [6, 6.07) is 4.66. The van der Waals surface area contributed by atoms with Crippen molar-refractivity contribution < 1.29 is 26.1 Å². The van der Waals surface area contributed by atoms with Gasteiger partial charge in [-0.2, -0.15) is 18.2 Å². The lowest BCUT2D eigenvalue weighted by molar-refractivity contribution is -0.137. The van der Waals surface area contributed by atoms with Crippen LogP contribution in [0, 0.1) is 0 Å². The van der Waals surface area contributed by atoms with E-state index in [1.54, 1.807) is 0 Å². The smallest absolute Gasteiger partial charge is 0.339 e. The highest BCUT2D eigenvalue weighted by atomic mass is 32.2. The van der Waals surface area contributed by atoms with Crippen LogP contribution in [0.5, 0.6) is 0 Å². The molecule has 3 rings (SSSR count). The Labute approximate surface area is 149 Å². The van der Waals surface area contributed by atoms with Crippen molar-refractivity contribution in [1.29, 1.82) is 0 Å². The summed E-state index contributed by atoms with van der Waals surface area (Å²) in [5.74, 6) is 0.159. The van der Waals surface area contributed by atoms with E-state index in [1.807, 2.05) is 6.92 Å². The van der Waals surface area contributed by atoms with E-state index in [-0.39, 0.29) is 42.0 Å². The van der Waals surface area contributed by atoms with Crippen LogP contribution in [0.25, 0.3) is 11.4 Å². The first-order chi connectivity index (χ1) is 12.2. The van der Waals surface area contributed by atoms with Crippen LogP contribution in [-0.2, 0) is 16.2 Å². The molecule has 142 valence electrons. The molecule has 1 aliphatic rings. The largest absolute Gasteiger partial charge is 0.416 e. The first-order valence-electron chi connectivity index (χ1n) is 8.20. The Morgan fingerprint density at radius 3 is 2.69 bits per heavy atom. The maximum absolute atomic E-state index is 12.8. The number of sulfonamides is 1. The molecule has 1 saturated heterocycles. The van der Waals surface area contributed by atoms with Crippen molar-refractivity contribution >= 4 is 10.0 Å². The van der Waals surface area contributed by atoms with Gasteiger partial charge >= 0.3 is 6.18 Å². The third-order valence-electron chi connectivity index (χ3n) is 4.24. The summed E-state index contributed by atoms with van der Waals surface area (Å²) in [5.41, 5.74) is -0.597. The lowest BCUT2D eigenvalue weighted by Crippen LogP contribution is -2.49. The molecule has 0 N–H and O–H groups in total. The van der Waals surface area contributed by atoms with E-state index in [0.717, 1.165) is 18.6 Å². The van der Waals surface area contributed by atoms with Crippen LogP contribution in [0.4, 0.5) is 13.2 Å². The Bertz CT molecular complexity index is 874. The van der Waals surface area contributed by atoms with Gasteiger partial charge in [-0.1, -0.05) is 30.6 Å². The first kappa shape index (κ1) is 18.8. The van der Waals surface area contributed by atoms with E-state index in [1.165, 1.54) is 16.4 Å². The molecule has 0 radical (unpaired) electrons. The van der Waals surface area contributed by atoms with E-state index in [4.69, 9.17) is 4.52 Å². The monoisotopic (exact) mass is 389 g/mol. The van der Waals surface area contributed by atoms with Crippen LogP contribution in [0.1, 0.15) is 37.1 Å². The second kappa shape index (κ2) is 6.99. The van der Waals surface area contributed by atoms with E-state index in [9.17, 15) is 21.6 Å². The number of rotatable bonds is 6. The van der Waals surface area contributed by atoms with Crippen molar-refractivity contribution in [3.05, 3.63) is 35.7 Å². The molecule has 0 saturated carbocycles. The Balaban J connectivity index is 1.69. The zero-order valence-corrected chi connectivity index (χ0v) is 14.8. The second-order valence-corrected chi connectivity index (χ2v) is 8.31. The maximum atomic E-state index is 12.8. The normalized spacial score (nSPS) is 16.6. The van der Waals surface area contributed by atoms with Crippen molar-refractivity contribution in [3.63, 3.8) is 0 Å². The summed E-state index contributed by atoms with van der Waals surface area (Å²) in [5, 5.41) is 3.73. The molecule has 0 atom stereocenters. The fraction of sp³-hybridized carbons (Fsp3) is 0.500. The molecule has 0 spiro atoms. The summed E-state index contributed by atoms with van der Waals surface area (Å²) in [7, 11) is -3.28. The van der Waals surface area contributed by atoms with Gasteiger partial charge in [0.05, 0.1) is 17.2 Å². The van der Waals surface area contributed by atoms with Gasteiger partial charge in [-0.3, -0.25) is 0 Å². The van der Waals surface area contributed by atoms with Gasteiger partial charge in [-0.05, 0) is 18.6 Å². The molecule has 6 nitrogen and oxygen atoms in total. The first-order valence-corrected chi connectivity index (χ1v) is 9.80. The third-order valence-corrected chi connectivity index (χ3v) is 6.13. The van der Waals surface area contributed by atoms with Crippen LogP contribution >= 0.6 is 0 Å². The Morgan fingerprint density at radius 2 is 2.04 bits per heavy atom. The van der Waals surface area contributed by atoms with Crippen LogP contribution < -0.4 is 0 Å². The topological polar surface area (TPSA) is 76.3 Å². The molecule has 1 aliphatic heterocycles. The fourth-order valence-corrected chi connectivity index (χ4v) is 4.36. The van der Waals surface area contributed by atoms with Crippen LogP contribution in [-0.4, -0.2) is 41.7 Å². The molecule has 2 heterocycles. The standard InChI is InChI=1S/C16H18F3N3O3S/c1-2-3-7-26(23,24)22-9-12(10-22)15-20-14(21-25-15)11-5-4-6-13(8-11)16(17,18)19/h4-6,8,12H,2-3,7,9-10H2,1H3. The van der Waals surface area contributed by atoms with Gasteiger partial charge in [0.2, 0.25) is 21.7 Å². The summed E-state index contributed by atoms with van der Waals surface area (Å²) in [6.07, 6.45) is -3.06. The van der Waals surface area contributed by atoms with E-state index in [0.29, 0.717) is 6.42 Å². The molecule has 1 aromatic carbocycles. The minimum Gasteiger partial charge on any atom is -0.339 e. The maximum Gasteiger partial charge on any atom is 0.416 e. The quantitative estimate of drug-likeness (QED) is 0.758.